The van der Waals surface area contributed by atoms with Crippen LogP contribution in [0.2, 0.25) is 0 Å². The van der Waals surface area contributed by atoms with E-state index >= 15 is 0 Å². The first-order chi connectivity index (χ1) is 8.77. The first-order valence-corrected chi connectivity index (χ1v) is 7.24. The largest absolute Gasteiger partial charge is 0.494 e. The molecule has 18 heavy (non-hydrogen) atoms. The van der Waals surface area contributed by atoms with Crippen molar-refractivity contribution in [2.45, 2.75) is 52.5 Å². The first-order valence-electron chi connectivity index (χ1n) is 7.24. The highest BCUT2D eigenvalue weighted by Gasteiger charge is 2.04. The van der Waals surface area contributed by atoms with E-state index in [4.69, 9.17) is 4.74 Å². The van der Waals surface area contributed by atoms with E-state index < -0.39 is 0 Å². The predicted octanol–water partition coefficient (Wildman–Crippen LogP) is 4.32. The minimum atomic E-state index is 0.418. The summed E-state index contributed by atoms with van der Waals surface area (Å²) in [7, 11) is 0. The smallest absolute Gasteiger partial charge is 0.119 e. The molecule has 1 rings (SSSR count). The van der Waals surface area contributed by atoms with Crippen LogP contribution in [0.15, 0.2) is 24.3 Å². The molecule has 0 unspecified atom stereocenters. The van der Waals surface area contributed by atoms with Crippen molar-refractivity contribution in [3.05, 3.63) is 29.8 Å². The fourth-order valence-electron chi connectivity index (χ4n) is 1.80. The van der Waals surface area contributed by atoms with Crippen molar-refractivity contribution in [1.82, 2.24) is 5.32 Å². The standard InChI is InChI=1S/C16H27NO/c1-4-6-12-17-14(3)15-8-10-16(11-9-15)18-13-7-5-2/h8-11,14,17H,4-7,12-13H2,1-3H3/t14-/m1/s1. The van der Waals surface area contributed by atoms with Crippen molar-refractivity contribution in [2.75, 3.05) is 13.2 Å². The van der Waals surface area contributed by atoms with Gasteiger partial charge in [0.25, 0.3) is 0 Å². The van der Waals surface area contributed by atoms with Crippen LogP contribution in [0.3, 0.4) is 0 Å². The molecular weight excluding hydrogens is 222 g/mol. The predicted molar refractivity (Wildman–Crippen MR) is 78.2 cm³/mol. The molecule has 0 aliphatic carbocycles. The number of hydrogen-bond donors (Lipinski definition) is 1. The van der Waals surface area contributed by atoms with Gasteiger partial charge < -0.3 is 10.1 Å². The lowest BCUT2D eigenvalue weighted by molar-refractivity contribution is 0.309. The Balaban J connectivity index is 2.38. The summed E-state index contributed by atoms with van der Waals surface area (Å²) in [6.45, 7) is 8.51. The summed E-state index contributed by atoms with van der Waals surface area (Å²) in [5, 5.41) is 3.53. The maximum atomic E-state index is 5.66. The summed E-state index contributed by atoms with van der Waals surface area (Å²) in [6.07, 6.45) is 4.78. The molecule has 0 saturated heterocycles. The number of rotatable bonds is 9. The van der Waals surface area contributed by atoms with Gasteiger partial charge in [-0.25, -0.2) is 0 Å². The molecule has 0 spiro atoms. The van der Waals surface area contributed by atoms with Gasteiger partial charge in [-0.3, -0.25) is 0 Å². The zero-order valence-electron chi connectivity index (χ0n) is 12.0. The van der Waals surface area contributed by atoms with E-state index in [2.05, 4.69) is 50.4 Å². The van der Waals surface area contributed by atoms with E-state index in [0.29, 0.717) is 6.04 Å². The summed E-state index contributed by atoms with van der Waals surface area (Å²) >= 11 is 0. The average Bonchev–Trinajstić information content (AvgIpc) is 2.40. The van der Waals surface area contributed by atoms with Crippen LogP contribution in [0.4, 0.5) is 0 Å². The summed E-state index contributed by atoms with van der Waals surface area (Å²) in [4.78, 5) is 0. The molecule has 2 nitrogen and oxygen atoms in total. The highest BCUT2D eigenvalue weighted by Crippen LogP contribution is 2.17. The van der Waals surface area contributed by atoms with E-state index in [1.165, 1.54) is 24.8 Å². The molecule has 102 valence electrons. The normalized spacial score (nSPS) is 12.4. The van der Waals surface area contributed by atoms with Gasteiger partial charge in [0.15, 0.2) is 0 Å². The third-order valence-electron chi connectivity index (χ3n) is 3.13. The summed E-state index contributed by atoms with van der Waals surface area (Å²) < 4.78 is 5.66. The second kappa shape index (κ2) is 8.98. The molecule has 1 aromatic rings. The molecule has 1 atom stereocenters. The summed E-state index contributed by atoms with van der Waals surface area (Å²) in [5.74, 6) is 0.980. The lowest BCUT2D eigenvalue weighted by Gasteiger charge is -2.14. The van der Waals surface area contributed by atoms with E-state index in [-0.39, 0.29) is 0 Å². The van der Waals surface area contributed by atoms with Gasteiger partial charge in [-0.1, -0.05) is 38.8 Å². The number of benzene rings is 1. The Kier molecular flexibility index (Phi) is 7.51. The van der Waals surface area contributed by atoms with Crippen LogP contribution in [0, 0.1) is 0 Å². The Hall–Kier alpha value is -1.02. The fourth-order valence-corrected chi connectivity index (χ4v) is 1.80. The molecule has 0 amide bonds. The van der Waals surface area contributed by atoms with Crippen LogP contribution in [-0.2, 0) is 0 Å². The quantitative estimate of drug-likeness (QED) is 0.658. The SMILES string of the molecule is CCCCN[C@H](C)c1ccc(OCCCC)cc1. The van der Waals surface area contributed by atoms with Crippen LogP contribution >= 0.6 is 0 Å². The van der Waals surface area contributed by atoms with E-state index in [9.17, 15) is 0 Å². The molecule has 0 heterocycles. The van der Waals surface area contributed by atoms with Gasteiger partial charge in [-0.05, 0) is 44.0 Å². The van der Waals surface area contributed by atoms with E-state index in [0.717, 1.165) is 25.3 Å². The van der Waals surface area contributed by atoms with Crippen molar-refractivity contribution < 1.29 is 4.74 Å². The van der Waals surface area contributed by atoms with Gasteiger partial charge in [0.2, 0.25) is 0 Å². The minimum Gasteiger partial charge on any atom is -0.494 e. The van der Waals surface area contributed by atoms with Gasteiger partial charge in [-0.15, -0.1) is 0 Å². The number of nitrogens with one attached hydrogen (secondary N) is 1. The van der Waals surface area contributed by atoms with Crippen LogP contribution in [-0.4, -0.2) is 13.2 Å². The number of unbranched alkanes of at least 4 members (excludes halogenated alkanes) is 2. The molecule has 0 aliphatic heterocycles. The lowest BCUT2D eigenvalue weighted by Crippen LogP contribution is -2.19. The van der Waals surface area contributed by atoms with Crippen molar-refractivity contribution in [1.29, 1.82) is 0 Å². The molecule has 2 heteroatoms. The third-order valence-corrected chi connectivity index (χ3v) is 3.13. The Bertz CT molecular complexity index is 307. The van der Waals surface area contributed by atoms with E-state index in [1.807, 2.05) is 0 Å². The maximum absolute atomic E-state index is 5.66. The second-order valence-corrected chi connectivity index (χ2v) is 4.80. The van der Waals surface area contributed by atoms with Gasteiger partial charge in [0.05, 0.1) is 6.61 Å². The zero-order valence-corrected chi connectivity index (χ0v) is 12.0. The fraction of sp³-hybridized carbons (Fsp3) is 0.625. The van der Waals surface area contributed by atoms with Gasteiger partial charge >= 0.3 is 0 Å². The molecule has 1 aromatic carbocycles. The van der Waals surface area contributed by atoms with Crippen LogP contribution in [0.25, 0.3) is 0 Å². The molecule has 0 aliphatic rings. The second-order valence-electron chi connectivity index (χ2n) is 4.80. The Labute approximate surface area is 112 Å². The summed E-state index contributed by atoms with van der Waals surface area (Å²) in [6, 6.07) is 8.88. The van der Waals surface area contributed by atoms with Crippen molar-refractivity contribution in [2.24, 2.45) is 0 Å². The third kappa shape index (κ3) is 5.54. The molecular formula is C16H27NO. The van der Waals surface area contributed by atoms with Gasteiger partial charge in [0.1, 0.15) is 5.75 Å². The minimum absolute atomic E-state index is 0.418. The molecule has 0 saturated carbocycles. The van der Waals surface area contributed by atoms with Crippen LogP contribution in [0.5, 0.6) is 5.75 Å². The van der Waals surface area contributed by atoms with Crippen LogP contribution in [0.1, 0.15) is 58.1 Å². The summed E-state index contributed by atoms with van der Waals surface area (Å²) in [5.41, 5.74) is 1.33. The van der Waals surface area contributed by atoms with E-state index in [1.54, 1.807) is 0 Å². The monoisotopic (exact) mass is 249 g/mol. The maximum Gasteiger partial charge on any atom is 0.119 e. The zero-order chi connectivity index (χ0) is 13.2. The lowest BCUT2D eigenvalue weighted by atomic mass is 10.1. The molecule has 1 N–H and O–H groups in total. The Morgan fingerprint density at radius 2 is 1.72 bits per heavy atom. The number of ether oxygens (including phenoxy) is 1. The molecule has 0 aromatic heterocycles. The van der Waals surface area contributed by atoms with Crippen molar-refractivity contribution in [3.63, 3.8) is 0 Å². The van der Waals surface area contributed by atoms with Gasteiger partial charge in [-0.2, -0.15) is 0 Å². The Morgan fingerprint density at radius 1 is 1.06 bits per heavy atom. The highest BCUT2D eigenvalue weighted by atomic mass is 16.5. The van der Waals surface area contributed by atoms with Crippen molar-refractivity contribution >= 4 is 0 Å². The van der Waals surface area contributed by atoms with Crippen LogP contribution < -0.4 is 10.1 Å². The molecule has 0 bridgehead atoms. The first kappa shape index (κ1) is 15.0. The Morgan fingerprint density at radius 3 is 2.33 bits per heavy atom. The molecule has 0 fully saturated rings. The van der Waals surface area contributed by atoms with Crippen molar-refractivity contribution in [3.8, 4) is 5.75 Å². The number of hydrogen-bond acceptors (Lipinski definition) is 2. The topological polar surface area (TPSA) is 21.3 Å². The average molecular weight is 249 g/mol. The molecule has 0 radical (unpaired) electrons. The highest BCUT2D eigenvalue weighted by molar-refractivity contribution is 5.28. The van der Waals surface area contributed by atoms with Gasteiger partial charge in [0, 0.05) is 6.04 Å².